The smallest absolute Gasteiger partial charge is 0.230 e. The Bertz CT molecular complexity index is 1060. The molecule has 27 heavy (non-hydrogen) atoms. The first-order chi connectivity index (χ1) is 13.2. The number of ether oxygens (including phenoxy) is 1. The second kappa shape index (κ2) is 8.28. The fraction of sp³-hybridized carbons (Fsp3) is 0.0476. The van der Waals surface area contributed by atoms with Crippen LogP contribution in [0.2, 0.25) is 0 Å². The molecule has 3 aromatic rings. The molecule has 3 rings (SSSR count). The molecular weight excluding hydrogens is 338 g/mol. The molecule has 1 heterocycles. The maximum Gasteiger partial charge on any atom is 0.230 e. The first-order valence-electron chi connectivity index (χ1n) is 8.13. The quantitative estimate of drug-likeness (QED) is 0.666. The van der Waals surface area contributed by atoms with E-state index in [9.17, 15) is 0 Å². The van der Waals surface area contributed by atoms with Crippen LogP contribution in [-0.2, 0) is 0 Å². The molecule has 0 amide bonds. The van der Waals surface area contributed by atoms with Crippen molar-refractivity contribution in [2.45, 2.75) is 6.92 Å². The molecule has 1 aromatic heterocycles. The van der Waals surface area contributed by atoms with Crippen LogP contribution in [0.5, 0.6) is 11.6 Å². The topological polar surface area (TPSA) is 94.6 Å². The minimum Gasteiger partial charge on any atom is -0.439 e. The van der Waals surface area contributed by atoms with Crippen molar-refractivity contribution < 1.29 is 4.74 Å². The van der Waals surface area contributed by atoms with Gasteiger partial charge in [0.25, 0.3) is 0 Å². The molecule has 0 bridgehead atoms. The lowest BCUT2D eigenvalue weighted by Crippen LogP contribution is -1.98. The van der Waals surface area contributed by atoms with E-state index in [0.29, 0.717) is 23.1 Å². The summed E-state index contributed by atoms with van der Waals surface area (Å²) in [4.78, 5) is 8.53. The van der Waals surface area contributed by atoms with Gasteiger partial charge in [-0.05, 0) is 60.5 Å². The zero-order valence-electron chi connectivity index (χ0n) is 14.5. The fourth-order valence-corrected chi connectivity index (χ4v) is 2.35. The van der Waals surface area contributed by atoms with Crippen LogP contribution in [0.1, 0.15) is 16.7 Å². The third-order valence-electron chi connectivity index (χ3n) is 3.66. The molecule has 0 spiro atoms. The SMILES string of the molecule is Cc1cc(/C=C/C#N)ccc1Oc1ccnc(Nc2ccc(C#N)cc2)n1. The molecule has 130 valence electrons. The summed E-state index contributed by atoms with van der Waals surface area (Å²) in [6.07, 6.45) is 4.77. The number of aromatic nitrogens is 2. The van der Waals surface area contributed by atoms with Gasteiger partial charge in [0, 0.05) is 24.0 Å². The number of hydrogen-bond acceptors (Lipinski definition) is 6. The normalized spacial score (nSPS) is 10.2. The maximum absolute atomic E-state index is 8.85. The van der Waals surface area contributed by atoms with Gasteiger partial charge in [-0.3, -0.25) is 0 Å². The fourth-order valence-electron chi connectivity index (χ4n) is 2.35. The predicted octanol–water partition coefficient (Wildman–Crippen LogP) is 4.73. The Labute approximate surface area is 157 Å². The number of aryl methyl sites for hydroxylation is 1. The summed E-state index contributed by atoms with van der Waals surface area (Å²) < 4.78 is 5.86. The Morgan fingerprint density at radius 3 is 2.59 bits per heavy atom. The number of rotatable bonds is 5. The molecular formula is C21H15N5O. The van der Waals surface area contributed by atoms with Crippen molar-refractivity contribution in [3.63, 3.8) is 0 Å². The highest BCUT2D eigenvalue weighted by Crippen LogP contribution is 2.25. The van der Waals surface area contributed by atoms with E-state index in [-0.39, 0.29) is 0 Å². The molecule has 0 aliphatic carbocycles. The molecule has 2 aromatic carbocycles. The standard InChI is InChI=1S/C21H15N5O/c1-15-13-16(3-2-11-22)6-9-19(15)27-20-10-12-24-21(26-20)25-18-7-4-17(14-23)5-8-18/h2-10,12-13H,1H3,(H,24,25,26)/b3-2+. The molecule has 0 saturated heterocycles. The van der Waals surface area contributed by atoms with Gasteiger partial charge in [0.05, 0.1) is 17.7 Å². The number of nitriles is 2. The molecule has 6 heteroatoms. The zero-order chi connectivity index (χ0) is 19.1. The van der Waals surface area contributed by atoms with E-state index in [1.807, 2.05) is 31.2 Å². The Morgan fingerprint density at radius 1 is 1.07 bits per heavy atom. The molecule has 0 atom stereocenters. The summed E-state index contributed by atoms with van der Waals surface area (Å²) in [5.74, 6) is 1.47. The van der Waals surface area contributed by atoms with E-state index in [1.54, 1.807) is 42.6 Å². The lowest BCUT2D eigenvalue weighted by atomic mass is 10.1. The molecule has 1 N–H and O–H groups in total. The van der Waals surface area contributed by atoms with E-state index < -0.39 is 0 Å². The minimum atomic E-state index is 0.392. The van der Waals surface area contributed by atoms with Gasteiger partial charge >= 0.3 is 0 Å². The molecule has 0 radical (unpaired) electrons. The summed E-state index contributed by atoms with van der Waals surface area (Å²) >= 11 is 0. The van der Waals surface area contributed by atoms with Crippen molar-refractivity contribution in [1.29, 1.82) is 10.5 Å². The average Bonchev–Trinajstić information content (AvgIpc) is 2.69. The highest BCUT2D eigenvalue weighted by Gasteiger charge is 2.06. The highest BCUT2D eigenvalue weighted by atomic mass is 16.5. The number of hydrogen-bond donors (Lipinski definition) is 1. The molecule has 0 aliphatic heterocycles. The van der Waals surface area contributed by atoms with Gasteiger partial charge in [-0.25, -0.2) is 4.98 Å². The van der Waals surface area contributed by atoms with Crippen LogP contribution in [-0.4, -0.2) is 9.97 Å². The van der Waals surface area contributed by atoms with Crippen LogP contribution in [0.15, 0.2) is 60.8 Å². The monoisotopic (exact) mass is 353 g/mol. The van der Waals surface area contributed by atoms with E-state index in [1.165, 1.54) is 6.08 Å². The van der Waals surface area contributed by atoms with Gasteiger partial charge in [0.15, 0.2) is 0 Å². The number of nitrogens with one attached hydrogen (secondary N) is 1. The van der Waals surface area contributed by atoms with E-state index in [4.69, 9.17) is 15.3 Å². The van der Waals surface area contributed by atoms with Crippen LogP contribution >= 0.6 is 0 Å². The maximum atomic E-state index is 8.85. The average molecular weight is 353 g/mol. The first-order valence-corrected chi connectivity index (χ1v) is 8.13. The number of nitrogens with zero attached hydrogens (tertiary/aromatic N) is 4. The second-order valence-electron chi connectivity index (χ2n) is 5.62. The van der Waals surface area contributed by atoms with Crippen molar-refractivity contribution in [3.8, 4) is 23.8 Å². The summed E-state index contributed by atoms with van der Waals surface area (Å²) in [6, 6.07) is 18.4. The molecule has 0 fully saturated rings. The van der Waals surface area contributed by atoms with E-state index in [0.717, 1.165) is 16.8 Å². The van der Waals surface area contributed by atoms with Gasteiger partial charge in [-0.2, -0.15) is 15.5 Å². The zero-order valence-corrected chi connectivity index (χ0v) is 14.5. The summed E-state index contributed by atoms with van der Waals surface area (Å²) in [5.41, 5.74) is 3.21. The Balaban J connectivity index is 1.75. The summed E-state index contributed by atoms with van der Waals surface area (Å²) in [5, 5.41) is 20.5. The van der Waals surface area contributed by atoms with E-state index in [2.05, 4.69) is 21.4 Å². The number of anilines is 2. The molecule has 0 unspecified atom stereocenters. The second-order valence-corrected chi connectivity index (χ2v) is 5.62. The van der Waals surface area contributed by atoms with Gasteiger partial charge in [-0.1, -0.05) is 6.07 Å². The van der Waals surface area contributed by atoms with E-state index >= 15 is 0 Å². The Kier molecular flexibility index (Phi) is 5.42. The van der Waals surface area contributed by atoms with Crippen molar-refractivity contribution >= 4 is 17.7 Å². The van der Waals surface area contributed by atoms with Gasteiger partial charge in [0.1, 0.15) is 5.75 Å². The summed E-state index contributed by atoms with van der Waals surface area (Å²) in [6.45, 7) is 1.93. The van der Waals surface area contributed by atoms with Crippen LogP contribution in [0.4, 0.5) is 11.6 Å². The molecule has 0 aliphatic rings. The lowest BCUT2D eigenvalue weighted by Gasteiger charge is -2.10. The largest absolute Gasteiger partial charge is 0.439 e. The lowest BCUT2D eigenvalue weighted by molar-refractivity contribution is 0.459. The van der Waals surface area contributed by atoms with Crippen molar-refractivity contribution in [1.82, 2.24) is 9.97 Å². The van der Waals surface area contributed by atoms with Crippen LogP contribution in [0.3, 0.4) is 0 Å². The van der Waals surface area contributed by atoms with Crippen LogP contribution in [0.25, 0.3) is 6.08 Å². The van der Waals surface area contributed by atoms with Gasteiger partial charge < -0.3 is 10.1 Å². The van der Waals surface area contributed by atoms with Crippen molar-refractivity contribution in [2.24, 2.45) is 0 Å². The van der Waals surface area contributed by atoms with Crippen molar-refractivity contribution in [3.05, 3.63) is 77.5 Å². The minimum absolute atomic E-state index is 0.392. The first kappa shape index (κ1) is 17.7. The molecule has 0 saturated carbocycles. The third kappa shape index (κ3) is 4.68. The Morgan fingerprint density at radius 2 is 1.89 bits per heavy atom. The number of benzene rings is 2. The third-order valence-corrected chi connectivity index (χ3v) is 3.66. The van der Waals surface area contributed by atoms with Crippen LogP contribution < -0.4 is 10.1 Å². The van der Waals surface area contributed by atoms with Crippen molar-refractivity contribution in [2.75, 3.05) is 5.32 Å². The van der Waals surface area contributed by atoms with Gasteiger partial charge in [0.2, 0.25) is 11.8 Å². The Hall–Kier alpha value is -4.16. The summed E-state index contributed by atoms with van der Waals surface area (Å²) in [7, 11) is 0. The molecule has 6 nitrogen and oxygen atoms in total. The van der Waals surface area contributed by atoms with Crippen LogP contribution in [0, 0.1) is 29.6 Å². The predicted molar refractivity (Wildman–Crippen MR) is 102 cm³/mol. The van der Waals surface area contributed by atoms with Gasteiger partial charge in [-0.15, -0.1) is 0 Å². The highest BCUT2D eigenvalue weighted by molar-refractivity contribution is 5.56. The number of allylic oxidation sites excluding steroid dienone is 1.